The fourth-order valence-corrected chi connectivity index (χ4v) is 4.48. The lowest BCUT2D eigenvalue weighted by Gasteiger charge is -2.34. The van der Waals surface area contributed by atoms with Crippen LogP contribution in [0.1, 0.15) is 64.9 Å². The summed E-state index contributed by atoms with van der Waals surface area (Å²) in [5.74, 6) is 0.168. The van der Waals surface area contributed by atoms with Gasteiger partial charge in [-0.15, -0.1) is 4.72 Å². The van der Waals surface area contributed by atoms with E-state index in [0.29, 0.717) is 30.1 Å². The van der Waals surface area contributed by atoms with E-state index in [-0.39, 0.29) is 16.4 Å². The second kappa shape index (κ2) is 7.98. The highest BCUT2D eigenvalue weighted by molar-refractivity contribution is 7.90. The highest BCUT2D eigenvalue weighted by Crippen LogP contribution is 2.34. The van der Waals surface area contributed by atoms with Gasteiger partial charge in [-0.25, -0.2) is 9.37 Å². The molecule has 1 aliphatic rings. The molecule has 2 heterocycles. The molecule has 0 spiro atoms. The molecule has 160 valence electrons. The molecule has 8 heteroatoms. The molecule has 0 radical (unpaired) electrons. The molecule has 1 fully saturated rings. The number of fused-ring (bicyclic) bond motifs is 1. The molecule has 3 rings (SSSR count). The smallest absolute Gasteiger partial charge is 0.261 e. The molecule has 0 unspecified atom stereocenters. The Hall–Kier alpha value is -1.48. The van der Waals surface area contributed by atoms with Crippen LogP contribution in [-0.4, -0.2) is 32.1 Å². The summed E-state index contributed by atoms with van der Waals surface area (Å²) in [6.45, 7) is 10.7. The van der Waals surface area contributed by atoms with Gasteiger partial charge in [0.25, 0.3) is 5.56 Å². The maximum absolute atomic E-state index is 14.4. The second-order valence-electron chi connectivity index (χ2n) is 9.08. The molecule has 0 aliphatic carbocycles. The molecule has 0 saturated carbocycles. The Kier molecular flexibility index (Phi) is 6.11. The van der Waals surface area contributed by atoms with Gasteiger partial charge in [-0.3, -0.25) is 9.36 Å². The third-order valence-corrected chi connectivity index (χ3v) is 7.30. The summed E-state index contributed by atoms with van der Waals surface area (Å²) in [6.07, 6.45) is 1.52. The Balaban J connectivity index is 2.17. The number of nitrogens with zero attached hydrogens (tertiary/aromatic N) is 2. The molecule has 1 aliphatic heterocycles. The van der Waals surface area contributed by atoms with Crippen molar-refractivity contribution in [1.29, 1.82) is 0 Å². The highest BCUT2D eigenvalue weighted by atomic mass is 32.2. The fraction of sp³-hybridized carbons (Fsp3) is 0.619. The highest BCUT2D eigenvalue weighted by Gasteiger charge is 2.35. The first-order valence-corrected chi connectivity index (χ1v) is 11.1. The van der Waals surface area contributed by atoms with Crippen LogP contribution in [0.25, 0.3) is 10.9 Å². The lowest BCUT2D eigenvalue weighted by atomic mass is 9.81. The average molecular weight is 424 g/mol. The first-order valence-electron chi connectivity index (χ1n) is 9.90. The number of rotatable bonds is 4. The van der Waals surface area contributed by atoms with Crippen molar-refractivity contribution in [2.45, 2.75) is 63.7 Å². The van der Waals surface area contributed by atoms with Gasteiger partial charge < -0.3 is 9.29 Å². The van der Waals surface area contributed by atoms with Gasteiger partial charge >= 0.3 is 0 Å². The van der Waals surface area contributed by atoms with E-state index in [1.54, 1.807) is 7.05 Å². The molecule has 2 atom stereocenters. The molecular weight excluding hydrogens is 393 g/mol. The predicted molar refractivity (Wildman–Crippen MR) is 114 cm³/mol. The zero-order valence-corrected chi connectivity index (χ0v) is 18.8. The topological polar surface area (TPSA) is 79.2 Å². The third-order valence-electron chi connectivity index (χ3n) is 5.62. The molecule has 1 saturated heterocycles. The van der Waals surface area contributed by atoms with Crippen LogP contribution in [0.2, 0.25) is 0 Å². The number of benzene rings is 1. The van der Waals surface area contributed by atoms with Crippen molar-refractivity contribution in [2.75, 3.05) is 13.2 Å². The van der Waals surface area contributed by atoms with Crippen molar-refractivity contribution in [1.82, 2.24) is 14.3 Å². The summed E-state index contributed by atoms with van der Waals surface area (Å²) < 4.78 is 36.5. The van der Waals surface area contributed by atoms with Gasteiger partial charge in [0.1, 0.15) is 16.4 Å². The van der Waals surface area contributed by atoms with E-state index in [9.17, 15) is 13.7 Å². The summed E-state index contributed by atoms with van der Waals surface area (Å²) in [6, 6.07) is 2.17. The number of hydrogen-bond acceptors (Lipinski definition) is 5. The molecule has 2 aromatic rings. The van der Waals surface area contributed by atoms with Gasteiger partial charge in [0.15, 0.2) is 0 Å². The molecular formula is C21H30FN3O3S. The Labute approximate surface area is 174 Å². The van der Waals surface area contributed by atoms with Crippen molar-refractivity contribution in [3.63, 3.8) is 0 Å². The van der Waals surface area contributed by atoms with E-state index < -0.39 is 28.0 Å². The summed E-state index contributed by atoms with van der Waals surface area (Å²) in [4.78, 5) is 18.0. The minimum absolute atomic E-state index is 0.233. The minimum atomic E-state index is -1.35. The molecule has 0 bridgehead atoms. The van der Waals surface area contributed by atoms with Gasteiger partial charge in [0.2, 0.25) is 0 Å². The second-order valence-corrected chi connectivity index (χ2v) is 11.1. The van der Waals surface area contributed by atoms with E-state index in [0.717, 1.165) is 12.8 Å². The van der Waals surface area contributed by atoms with Crippen molar-refractivity contribution in [3.8, 4) is 0 Å². The first kappa shape index (κ1) is 22.2. The number of aromatic nitrogens is 2. The Morgan fingerprint density at radius 2 is 1.97 bits per heavy atom. The summed E-state index contributed by atoms with van der Waals surface area (Å²) in [5, 5.41) is 0.233. The van der Waals surface area contributed by atoms with Crippen molar-refractivity contribution in [3.05, 3.63) is 39.7 Å². The zero-order valence-electron chi connectivity index (χ0n) is 18.0. The molecule has 29 heavy (non-hydrogen) atoms. The normalized spacial score (nSPS) is 19.3. The Morgan fingerprint density at radius 1 is 1.34 bits per heavy atom. The van der Waals surface area contributed by atoms with Crippen LogP contribution >= 0.6 is 0 Å². The van der Waals surface area contributed by atoms with Crippen molar-refractivity contribution >= 4 is 22.3 Å². The van der Waals surface area contributed by atoms with Gasteiger partial charge in [0.05, 0.1) is 16.9 Å². The van der Waals surface area contributed by atoms with Gasteiger partial charge in [-0.05, 0) is 52.7 Å². The van der Waals surface area contributed by atoms with Crippen molar-refractivity contribution in [2.24, 2.45) is 7.05 Å². The standard InChI is InChI=1S/C21H30FN3O3S/c1-13(24-29(27)20(2,3)4)15-11-14(22)12-16-17(15)23-19(25(6)18(16)26)21(5)7-9-28-10-8-21/h11-13,24H,7-10H2,1-6H3/t13-,29-/m1/s1. The molecule has 1 aromatic carbocycles. The average Bonchev–Trinajstić information content (AvgIpc) is 2.64. The van der Waals surface area contributed by atoms with Gasteiger partial charge in [-0.2, -0.15) is 0 Å². The molecule has 0 amide bonds. The number of hydrogen-bond donors (Lipinski definition) is 1. The van der Waals surface area contributed by atoms with Crippen LogP contribution in [0.4, 0.5) is 4.39 Å². The monoisotopic (exact) mass is 423 g/mol. The Bertz CT molecular complexity index is 964. The number of halogens is 1. The molecule has 1 N–H and O–H groups in total. The predicted octanol–water partition coefficient (Wildman–Crippen LogP) is 3.25. The lowest BCUT2D eigenvalue weighted by molar-refractivity contribution is 0.0523. The summed E-state index contributed by atoms with van der Waals surface area (Å²) >= 11 is -1.35. The van der Waals surface area contributed by atoms with Crippen LogP contribution < -0.4 is 10.3 Å². The van der Waals surface area contributed by atoms with E-state index in [2.05, 4.69) is 11.6 Å². The Morgan fingerprint density at radius 3 is 2.55 bits per heavy atom. The van der Waals surface area contributed by atoms with E-state index in [1.807, 2.05) is 27.7 Å². The first-order chi connectivity index (χ1) is 13.4. The van der Waals surface area contributed by atoms with Crippen LogP contribution in [-0.2, 0) is 28.6 Å². The zero-order chi connectivity index (χ0) is 21.6. The van der Waals surface area contributed by atoms with Crippen LogP contribution in [0.15, 0.2) is 16.9 Å². The summed E-state index contributed by atoms with van der Waals surface area (Å²) in [7, 11) is 1.69. The van der Waals surface area contributed by atoms with Crippen LogP contribution in [0.5, 0.6) is 0 Å². The van der Waals surface area contributed by atoms with Gasteiger partial charge in [-0.1, -0.05) is 6.92 Å². The third kappa shape index (κ3) is 4.35. The van der Waals surface area contributed by atoms with Crippen LogP contribution in [0, 0.1) is 5.82 Å². The van der Waals surface area contributed by atoms with Crippen LogP contribution in [0.3, 0.4) is 0 Å². The maximum Gasteiger partial charge on any atom is 0.261 e. The molecule has 6 nitrogen and oxygen atoms in total. The minimum Gasteiger partial charge on any atom is -0.598 e. The van der Waals surface area contributed by atoms with Crippen molar-refractivity contribution < 1.29 is 13.7 Å². The van der Waals surface area contributed by atoms with E-state index >= 15 is 0 Å². The summed E-state index contributed by atoms with van der Waals surface area (Å²) in [5.41, 5.74) is 0.426. The number of nitrogens with one attached hydrogen (secondary N) is 1. The number of ether oxygens (including phenoxy) is 1. The molecule has 1 aromatic heterocycles. The van der Waals surface area contributed by atoms with E-state index in [1.165, 1.54) is 16.7 Å². The SMILES string of the molecule is C[C@@H](N[S@+]([O-])C(C)(C)C)c1cc(F)cc2c(=O)n(C)c(C3(C)CCOCC3)nc12. The fourth-order valence-electron chi connectivity index (χ4n) is 3.68. The lowest BCUT2D eigenvalue weighted by Crippen LogP contribution is -2.41. The quantitative estimate of drug-likeness (QED) is 0.764. The van der Waals surface area contributed by atoms with Gasteiger partial charge in [0, 0.05) is 42.6 Å². The van der Waals surface area contributed by atoms with E-state index in [4.69, 9.17) is 9.72 Å². The maximum atomic E-state index is 14.4. The largest absolute Gasteiger partial charge is 0.598 e.